The lowest BCUT2D eigenvalue weighted by atomic mass is 9.93. The molecule has 1 aromatic rings. The van der Waals surface area contributed by atoms with Crippen LogP contribution in [0.25, 0.3) is 6.08 Å². The van der Waals surface area contributed by atoms with E-state index in [1.165, 1.54) is 22.5 Å². The molecule has 2 rings (SSSR count). The average Bonchev–Trinajstić information content (AvgIpc) is 2.16. The zero-order valence-electron chi connectivity index (χ0n) is 9.04. The molecule has 0 aromatic carbocycles. The molecule has 2 nitrogen and oxygen atoms in total. The van der Waals surface area contributed by atoms with Gasteiger partial charge in [0, 0.05) is 5.56 Å². The molecule has 14 heavy (non-hydrogen) atoms. The molecule has 0 saturated heterocycles. The van der Waals surface area contributed by atoms with Gasteiger partial charge >= 0.3 is 0 Å². The van der Waals surface area contributed by atoms with Crippen molar-refractivity contribution in [2.75, 3.05) is 0 Å². The van der Waals surface area contributed by atoms with Crippen molar-refractivity contribution in [3.05, 3.63) is 28.9 Å². The SMILES string of the molecule is CC1=Cc2c(ncnc2C(C)C)CC1. The molecule has 0 radical (unpaired) electrons. The molecule has 1 aliphatic rings. The minimum Gasteiger partial charge on any atom is -0.241 e. The Morgan fingerprint density at radius 3 is 2.71 bits per heavy atom. The molecule has 0 fully saturated rings. The van der Waals surface area contributed by atoms with Gasteiger partial charge in [0.25, 0.3) is 0 Å². The minimum absolute atomic E-state index is 0.480. The number of hydrogen-bond donors (Lipinski definition) is 0. The maximum atomic E-state index is 4.37. The Hall–Kier alpha value is -1.18. The van der Waals surface area contributed by atoms with Gasteiger partial charge in [0.1, 0.15) is 6.33 Å². The molecule has 0 N–H and O–H groups in total. The molecule has 74 valence electrons. The highest BCUT2D eigenvalue weighted by Crippen LogP contribution is 2.27. The molecular formula is C12H16N2. The lowest BCUT2D eigenvalue weighted by Gasteiger charge is -2.17. The van der Waals surface area contributed by atoms with Gasteiger partial charge in [-0.1, -0.05) is 25.5 Å². The van der Waals surface area contributed by atoms with E-state index in [1.54, 1.807) is 6.33 Å². The second-order valence-corrected chi connectivity index (χ2v) is 4.26. The van der Waals surface area contributed by atoms with Crippen molar-refractivity contribution in [3.8, 4) is 0 Å². The zero-order chi connectivity index (χ0) is 10.1. The maximum Gasteiger partial charge on any atom is 0.115 e. The lowest BCUT2D eigenvalue weighted by Crippen LogP contribution is -2.07. The monoisotopic (exact) mass is 188 g/mol. The standard InChI is InChI=1S/C12H16N2/c1-8(2)12-10-6-9(3)4-5-11(10)13-7-14-12/h6-8H,4-5H2,1-3H3. The number of allylic oxidation sites excluding steroid dienone is 1. The van der Waals surface area contributed by atoms with Crippen molar-refractivity contribution in [2.24, 2.45) is 0 Å². The topological polar surface area (TPSA) is 25.8 Å². The largest absolute Gasteiger partial charge is 0.241 e. The number of hydrogen-bond acceptors (Lipinski definition) is 2. The van der Waals surface area contributed by atoms with Gasteiger partial charge in [-0.05, 0) is 25.7 Å². The molecular weight excluding hydrogens is 172 g/mol. The van der Waals surface area contributed by atoms with Crippen LogP contribution in [0, 0.1) is 0 Å². The van der Waals surface area contributed by atoms with E-state index < -0.39 is 0 Å². The molecule has 0 unspecified atom stereocenters. The molecule has 1 heterocycles. The smallest absolute Gasteiger partial charge is 0.115 e. The van der Waals surface area contributed by atoms with Gasteiger partial charge in [-0.3, -0.25) is 0 Å². The molecule has 1 aromatic heterocycles. The van der Waals surface area contributed by atoms with Crippen LogP contribution in [0.2, 0.25) is 0 Å². The highest BCUT2D eigenvalue weighted by Gasteiger charge is 2.15. The summed E-state index contributed by atoms with van der Waals surface area (Å²) in [5.74, 6) is 0.480. The minimum atomic E-state index is 0.480. The van der Waals surface area contributed by atoms with Crippen LogP contribution in [0.3, 0.4) is 0 Å². The van der Waals surface area contributed by atoms with Gasteiger partial charge < -0.3 is 0 Å². The molecule has 0 bridgehead atoms. The summed E-state index contributed by atoms with van der Waals surface area (Å²) in [6.07, 6.45) is 6.15. The van der Waals surface area contributed by atoms with Crippen LogP contribution in [-0.2, 0) is 6.42 Å². The second kappa shape index (κ2) is 3.52. The fourth-order valence-electron chi connectivity index (χ4n) is 1.90. The predicted octanol–water partition coefficient (Wildman–Crippen LogP) is 2.95. The van der Waals surface area contributed by atoms with E-state index in [2.05, 4.69) is 36.8 Å². The number of nitrogens with zero attached hydrogens (tertiary/aromatic N) is 2. The first kappa shape index (κ1) is 9.38. The summed E-state index contributed by atoms with van der Waals surface area (Å²) in [5.41, 5.74) is 5.11. The Morgan fingerprint density at radius 1 is 1.21 bits per heavy atom. The lowest BCUT2D eigenvalue weighted by molar-refractivity contribution is 0.780. The van der Waals surface area contributed by atoms with Crippen LogP contribution in [0.15, 0.2) is 11.9 Å². The highest BCUT2D eigenvalue weighted by molar-refractivity contribution is 5.59. The second-order valence-electron chi connectivity index (χ2n) is 4.26. The van der Waals surface area contributed by atoms with E-state index in [1.807, 2.05) is 0 Å². The Balaban J connectivity index is 2.56. The molecule has 2 heteroatoms. The van der Waals surface area contributed by atoms with Crippen LogP contribution in [0.1, 0.15) is 50.1 Å². The normalized spacial score (nSPS) is 15.3. The van der Waals surface area contributed by atoms with Crippen molar-refractivity contribution in [2.45, 2.75) is 39.5 Å². The van der Waals surface area contributed by atoms with Crippen molar-refractivity contribution < 1.29 is 0 Å². The van der Waals surface area contributed by atoms with E-state index in [0.29, 0.717) is 5.92 Å². The fraction of sp³-hybridized carbons (Fsp3) is 0.500. The van der Waals surface area contributed by atoms with E-state index in [-0.39, 0.29) is 0 Å². The summed E-state index contributed by atoms with van der Waals surface area (Å²) in [6.45, 7) is 6.54. The average molecular weight is 188 g/mol. The Kier molecular flexibility index (Phi) is 2.36. The highest BCUT2D eigenvalue weighted by atomic mass is 14.8. The number of fused-ring (bicyclic) bond motifs is 1. The van der Waals surface area contributed by atoms with Crippen molar-refractivity contribution in [1.29, 1.82) is 0 Å². The third kappa shape index (κ3) is 1.57. The Bertz CT molecular complexity index is 378. The van der Waals surface area contributed by atoms with Gasteiger partial charge in [0.15, 0.2) is 0 Å². The van der Waals surface area contributed by atoms with Crippen LogP contribution in [0.4, 0.5) is 0 Å². The zero-order valence-corrected chi connectivity index (χ0v) is 9.04. The first-order valence-corrected chi connectivity index (χ1v) is 5.19. The predicted molar refractivity (Wildman–Crippen MR) is 58.1 cm³/mol. The molecule has 0 aliphatic heterocycles. The number of rotatable bonds is 1. The van der Waals surface area contributed by atoms with Crippen molar-refractivity contribution >= 4 is 6.08 Å². The van der Waals surface area contributed by atoms with Crippen LogP contribution >= 0.6 is 0 Å². The first-order chi connectivity index (χ1) is 6.68. The summed E-state index contributed by atoms with van der Waals surface area (Å²) < 4.78 is 0. The third-order valence-corrected chi connectivity index (χ3v) is 2.69. The summed E-state index contributed by atoms with van der Waals surface area (Å²) >= 11 is 0. The molecule has 0 amide bonds. The third-order valence-electron chi connectivity index (χ3n) is 2.69. The van der Waals surface area contributed by atoms with Crippen LogP contribution in [0.5, 0.6) is 0 Å². The van der Waals surface area contributed by atoms with E-state index in [9.17, 15) is 0 Å². The van der Waals surface area contributed by atoms with Crippen LogP contribution < -0.4 is 0 Å². The van der Waals surface area contributed by atoms with Gasteiger partial charge in [-0.25, -0.2) is 9.97 Å². The summed E-state index contributed by atoms with van der Waals surface area (Å²) in [7, 11) is 0. The van der Waals surface area contributed by atoms with Crippen molar-refractivity contribution in [3.63, 3.8) is 0 Å². The molecule has 0 saturated carbocycles. The van der Waals surface area contributed by atoms with E-state index in [0.717, 1.165) is 12.8 Å². The first-order valence-electron chi connectivity index (χ1n) is 5.19. The molecule has 0 atom stereocenters. The summed E-state index contributed by atoms with van der Waals surface area (Å²) in [5, 5.41) is 0. The van der Waals surface area contributed by atoms with Gasteiger partial charge in [0.05, 0.1) is 11.4 Å². The van der Waals surface area contributed by atoms with E-state index in [4.69, 9.17) is 0 Å². The van der Waals surface area contributed by atoms with Crippen LogP contribution in [-0.4, -0.2) is 9.97 Å². The fourth-order valence-corrected chi connectivity index (χ4v) is 1.90. The molecule has 1 aliphatic carbocycles. The number of aryl methyl sites for hydroxylation is 1. The molecule has 0 spiro atoms. The van der Waals surface area contributed by atoms with Gasteiger partial charge in [-0.2, -0.15) is 0 Å². The maximum absolute atomic E-state index is 4.37. The Morgan fingerprint density at radius 2 is 2.00 bits per heavy atom. The summed E-state index contributed by atoms with van der Waals surface area (Å²) in [6, 6.07) is 0. The quantitative estimate of drug-likeness (QED) is 0.677. The number of aromatic nitrogens is 2. The Labute approximate surface area is 85.1 Å². The van der Waals surface area contributed by atoms with Gasteiger partial charge in [-0.15, -0.1) is 0 Å². The summed E-state index contributed by atoms with van der Waals surface area (Å²) in [4.78, 5) is 8.71. The van der Waals surface area contributed by atoms with Crippen molar-refractivity contribution in [1.82, 2.24) is 9.97 Å². The van der Waals surface area contributed by atoms with E-state index >= 15 is 0 Å². The van der Waals surface area contributed by atoms with Gasteiger partial charge in [0.2, 0.25) is 0 Å².